The van der Waals surface area contributed by atoms with Gasteiger partial charge in [0, 0.05) is 6.54 Å². The molecule has 0 rings (SSSR count). The van der Waals surface area contributed by atoms with E-state index in [-0.39, 0.29) is 6.54 Å². The number of alkyl halides is 1. The number of amides is 1. The van der Waals surface area contributed by atoms with Gasteiger partial charge in [0.15, 0.2) is 0 Å². The molecule has 5 heteroatoms. The van der Waals surface area contributed by atoms with Crippen molar-refractivity contribution >= 4 is 6.41 Å². The summed E-state index contributed by atoms with van der Waals surface area (Å²) in [6.07, 6.45) is -0.722. The lowest BCUT2D eigenvalue weighted by molar-refractivity contribution is -0.111. The molecule has 0 fully saturated rings. The Morgan fingerprint density at radius 1 is 1.57 bits per heavy atom. The van der Waals surface area contributed by atoms with Crippen LogP contribution in [0, 0.1) is 0 Å². The van der Waals surface area contributed by atoms with Gasteiger partial charge in [0.25, 0.3) is 0 Å². The fraction of sp³-hybridized carbons (Fsp3) is 0.889. The molecule has 0 aliphatic carbocycles. The van der Waals surface area contributed by atoms with E-state index in [1.807, 2.05) is 0 Å². The van der Waals surface area contributed by atoms with E-state index in [4.69, 9.17) is 4.74 Å². The zero-order chi connectivity index (χ0) is 11.0. The Balaban J connectivity index is 3.82. The summed E-state index contributed by atoms with van der Waals surface area (Å²) in [5, 5.41) is 5.20. The molecule has 0 saturated carbocycles. The minimum Gasteiger partial charge on any atom is -0.371 e. The predicted octanol–water partition coefficient (Wildman–Crippen LogP) is 0.0851. The molecular formula is C9H19FN2O2. The molecule has 0 radical (unpaired) electrons. The minimum atomic E-state index is -1.20. The Labute approximate surface area is 84.2 Å². The van der Waals surface area contributed by atoms with Gasteiger partial charge in [-0.15, -0.1) is 0 Å². The fourth-order valence-corrected chi connectivity index (χ4v) is 0.904. The average Bonchev–Trinajstić information content (AvgIpc) is 2.14. The van der Waals surface area contributed by atoms with E-state index in [0.29, 0.717) is 19.6 Å². The number of hydrogen-bond donors (Lipinski definition) is 2. The first-order chi connectivity index (χ1) is 6.54. The molecule has 0 saturated heterocycles. The number of likely N-dealkylation sites (N-methyl/N-ethyl adjacent to an activating group) is 1. The van der Waals surface area contributed by atoms with Gasteiger partial charge in [-0.3, -0.25) is 4.79 Å². The van der Waals surface area contributed by atoms with E-state index >= 15 is 0 Å². The highest BCUT2D eigenvalue weighted by molar-refractivity contribution is 5.45. The molecule has 0 aliphatic heterocycles. The standard InChI is InChI=1S/C9H19FN2O2/c1-9(2,14-5-4-11-3)8(10)6-12-7-13/h7-8,11H,4-6H2,1-3H3,(H,12,13). The van der Waals surface area contributed by atoms with E-state index in [9.17, 15) is 9.18 Å². The summed E-state index contributed by atoms with van der Waals surface area (Å²) in [7, 11) is 1.80. The lowest BCUT2D eigenvalue weighted by Crippen LogP contribution is -2.43. The molecule has 0 bridgehead atoms. The Hall–Kier alpha value is -0.680. The van der Waals surface area contributed by atoms with Crippen LogP contribution in [-0.2, 0) is 9.53 Å². The summed E-state index contributed by atoms with van der Waals surface area (Å²) in [6, 6.07) is 0. The van der Waals surface area contributed by atoms with Crippen LogP contribution in [0.5, 0.6) is 0 Å². The third-order valence-electron chi connectivity index (χ3n) is 1.96. The largest absolute Gasteiger partial charge is 0.371 e. The Bertz CT molecular complexity index is 165. The summed E-state index contributed by atoms with van der Waals surface area (Å²) in [5.41, 5.74) is -0.868. The number of hydrogen-bond acceptors (Lipinski definition) is 3. The van der Waals surface area contributed by atoms with Crippen molar-refractivity contribution in [3.05, 3.63) is 0 Å². The predicted molar refractivity (Wildman–Crippen MR) is 52.9 cm³/mol. The van der Waals surface area contributed by atoms with Crippen molar-refractivity contribution in [3.63, 3.8) is 0 Å². The highest BCUT2D eigenvalue weighted by atomic mass is 19.1. The van der Waals surface area contributed by atoms with Gasteiger partial charge in [0.1, 0.15) is 6.17 Å². The number of halogens is 1. The summed E-state index contributed by atoms with van der Waals surface area (Å²) in [4.78, 5) is 9.97. The van der Waals surface area contributed by atoms with Crippen LogP contribution in [0.2, 0.25) is 0 Å². The molecule has 0 aromatic heterocycles. The second-order valence-electron chi connectivity index (χ2n) is 3.55. The van der Waals surface area contributed by atoms with Crippen LogP contribution in [0.25, 0.3) is 0 Å². The van der Waals surface area contributed by atoms with Gasteiger partial charge in [-0.25, -0.2) is 4.39 Å². The van der Waals surface area contributed by atoms with Crippen LogP contribution in [-0.4, -0.2) is 44.9 Å². The topological polar surface area (TPSA) is 50.4 Å². The van der Waals surface area contributed by atoms with Crippen LogP contribution < -0.4 is 10.6 Å². The van der Waals surface area contributed by atoms with E-state index < -0.39 is 11.8 Å². The number of carbonyl (C=O) groups excluding carboxylic acids is 1. The fourth-order valence-electron chi connectivity index (χ4n) is 0.904. The molecule has 0 heterocycles. The van der Waals surface area contributed by atoms with Crippen molar-refractivity contribution < 1.29 is 13.9 Å². The normalized spacial score (nSPS) is 13.7. The molecule has 4 nitrogen and oxygen atoms in total. The van der Waals surface area contributed by atoms with Crippen LogP contribution in [0.3, 0.4) is 0 Å². The van der Waals surface area contributed by atoms with Crippen LogP contribution in [0.15, 0.2) is 0 Å². The third-order valence-corrected chi connectivity index (χ3v) is 1.96. The summed E-state index contributed by atoms with van der Waals surface area (Å²) in [6.45, 7) is 4.44. The average molecular weight is 206 g/mol. The highest BCUT2D eigenvalue weighted by Crippen LogP contribution is 2.17. The van der Waals surface area contributed by atoms with Gasteiger partial charge in [-0.2, -0.15) is 0 Å². The number of nitrogens with one attached hydrogen (secondary N) is 2. The smallest absolute Gasteiger partial charge is 0.207 e. The third kappa shape index (κ3) is 5.14. The molecule has 0 aliphatic rings. The number of rotatable bonds is 8. The summed E-state index contributed by atoms with van der Waals surface area (Å²) in [5.74, 6) is 0. The van der Waals surface area contributed by atoms with Crippen molar-refractivity contribution in [1.29, 1.82) is 0 Å². The minimum absolute atomic E-state index is 0.0178. The quantitative estimate of drug-likeness (QED) is 0.437. The number of ether oxygens (including phenoxy) is 1. The van der Waals surface area contributed by atoms with Gasteiger partial charge < -0.3 is 15.4 Å². The van der Waals surface area contributed by atoms with Crippen molar-refractivity contribution in [2.45, 2.75) is 25.6 Å². The zero-order valence-corrected chi connectivity index (χ0v) is 8.97. The second-order valence-corrected chi connectivity index (χ2v) is 3.55. The maximum absolute atomic E-state index is 13.4. The molecule has 0 spiro atoms. The SMILES string of the molecule is CNCCOC(C)(C)C(F)CNC=O. The molecular weight excluding hydrogens is 187 g/mol. The van der Waals surface area contributed by atoms with Crippen molar-refractivity contribution in [2.24, 2.45) is 0 Å². The summed E-state index contributed by atoms with van der Waals surface area (Å²) < 4.78 is 18.8. The molecule has 2 N–H and O–H groups in total. The summed E-state index contributed by atoms with van der Waals surface area (Å²) >= 11 is 0. The highest BCUT2D eigenvalue weighted by Gasteiger charge is 2.29. The van der Waals surface area contributed by atoms with Gasteiger partial charge in [-0.1, -0.05) is 0 Å². The van der Waals surface area contributed by atoms with Gasteiger partial charge in [0.2, 0.25) is 6.41 Å². The van der Waals surface area contributed by atoms with Crippen LogP contribution in [0.1, 0.15) is 13.8 Å². The maximum atomic E-state index is 13.4. The Kier molecular flexibility index (Phi) is 6.40. The van der Waals surface area contributed by atoms with Crippen LogP contribution >= 0.6 is 0 Å². The van der Waals surface area contributed by atoms with Gasteiger partial charge in [0.05, 0.1) is 18.8 Å². The van der Waals surface area contributed by atoms with Crippen molar-refractivity contribution in [2.75, 3.05) is 26.7 Å². The molecule has 0 aromatic carbocycles. The van der Waals surface area contributed by atoms with Crippen molar-refractivity contribution in [3.8, 4) is 0 Å². The first-order valence-electron chi connectivity index (χ1n) is 4.64. The molecule has 14 heavy (non-hydrogen) atoms. The molecule has 1 amide bonds. The van der Waals surface area contributed by atoms with Crippen LogP contribution in [0.4, 0.5) is 4.39 Å². The molecule has 0 aromatic rings. The first-order valence-corrected chi connectivity index (χ1v) is 4.64. The Morgan fingerprint density at radius 3 is 2.71 bits per heavy atom. The molecule has 1 unspecified atom stereocenters. The molecule has 1 atom stereocenters. The maximum Gasteiger partial charge on any atom is 0.207 e. The first kappa shape index (κ1) is 13.3. The van der Waals surface area contributed by atoms with E-state index in [2.05, 4.69) is 10.6 Å². The van der Waals surface area contributed by atoms with E-state index in [0.717, 1.165) is 0 Å². The van der Waals surface area contributed by atoms with Crippen molar-refractivity contribution in [1.82, 2.24) is 10.6 Å². The van der Waals surface area contributed by atoms with Gasteiger partial charge >= 0.3 is 0 Å². The lowest BCUT2D eigenvalue weighted by atomic mass is 10.0. The second kappa shape index (κ2) is 6.73. The number of carbonyl (C=O) groups is 1. The van der Waals surface area contributed by atoms with E-state index in [1.54, 1.807) is 20.9 Å². The monoisotopic (exact) mass is 206 g/mol. The Morgan fingerprint density at radius 2 is 2.21 bits per heavy atom. The lowest BCUT2D eigenvalue weighted by Gasteiger charge is -2.28. The molecule has 84 valence electrons. The zero-order valence-electron chi connectivity index (χ0n) is 8.97. The van der Waals surface area contributed by atoms with E-state index in [1.165, 1.54) is 0 Å². The van der Waals surface area contributed by atoms with Gasteiger partial charge in [-0.05, 0) is 20.9 Å².